The van der Waals surface area contributed by atoms with E-state index >= 15 is 0 Å². The molecule has 0 saturated heterocycles. The molecule has 0 aliphatic heterocycles. The Hall–Kier alpha value is -5.40. The molecule has 0 spiro atoms. The summed E-state index contributed by atoms with van der Waals surface area (Å²) in [6.07, 6.45) is 6.88. The van der Waals surface area contributed by atoms with Gasteiger partial charge in [0.15, 0.2) is 0 Å². The molecular weight excluding hydrogens is 518 g/mol. The van der Waals surface area contributed by atoms with Crippen LogP contribution in [0.15, 0.2) is 146 Å². The Morgan fingerprint density at radius 3 is 2.07 bits per heavy atom. The third-order valence-corrected chi connectivity index (χ3v) is 9.24. The van der Waals surface area contributed by atoms with E-state index in [9.17, 15) is 0 Å². The van der Waals surface area contributed by atoms with Crippen LogP contribution in [0.4, 0.5) is 0 Å². The molecule has 0 amide bonds. The van der Waals surface area contributed by atoms with Crippen LogP contribution < -0.4 is 0 Å². The number of aryl methyl sites for hydroxylation is 1. The van der Waals surface area contributed by atoms with Crippen molar-refractivity contribution in [2.75, 3.05) is 0 Å². The van der Waals surface area contributed by atoms with Crippen molar-refractivity contribution in [2.24, 2.45) is 0 Å². The Bertz CT molecular complexity index is 2390. The van der Waals surface area contributed by atoms with Gasteiger partial charge in [0, 0.05) is 16.5 Å². The highest BCUT2D eigenvalue weighted by Crippen LogP contribution is 2.41. The average Bonchev–Trinajstić information content (AvgIpc) is 3.43. The van der Waals surface area contributed by atoms with Gasteiger partial charge in [-0.1, -0.05) is 115 Å². The number of para-hydroxylation sites is 2. The Labute approximate surface area is 251 Å². The molecule has 202 valence electrons. The average molecular weight is 548 g/mol. The van der Waals surface area contributed by atoms with Gasteiger partial charge in [0.05, 0.1) is 11.0 Å². The highest BCUT2D eigenvalue weighted by atomic mass is 15.0. The van der Waals surface area contributed by atoms with Gasteiger partial charge in [-0.3, -0.25) is 0 Å². The van der Waals surface area contributed by atoms with Gasteiger partial charge in [-0.2, -0.15) is 0 Å². The summed E-state index contributed by atoms with van der Waals surface area (Å²) in [5.74, 6) is 0. The Morgan fingerprint density at radius 2 is 1.16 bits per heavy atom. The fraction of sp³-hybridized carbons (Fsp3) is 0.0476. The van der Waals surface area contributed by atoms with Gasteiger partial charge in [0.1, 0.15) is 0 Å². The second-order valence-electron chi connectivity index (χ2n) is 11.6. The highest BCUT2D eigenvalue weighted by Gasteiger charge is 2.17. The van der Waals surface area contributed by atoms with Gasteiger partial charge in [-0.25, -0.2) is 0 Å². The molecule has 1 aliphatic rings. The van der Waals surface area contributed by atoms with E-state index in [2.05, 4.69) is 156 Å². The van der Waals surface area contributed by atoms with Crippen molar-refractivity contribution in [1.82, 2.24) is 4.57 Å². The third-order valence-electron chi connectivity index (χ3n) is 9.24. The van der Waals surface area contributed by atoms with E-state index in [4.69, 9.17) is 0 Å². The lowest BCUT2D eigenvalue weighted by Gasteiger charge is -2.18. The van der Waals surface area contributed by atoms with Crippen molar-refractivity contribution >= 4 is 49.4 Å². The molecule has 1 heteroatoms. The maximum absolute atomic E-state index is 2.41. The SMILES string of the molecule is C1=Cc2c(c3ccccc3c3ccc(-c4cccc(-c5cccc6c5c5ccccc5n6-c5ccccc5)c4)cc23)CC1. The third kappa shape index (κ3) is 3.72. The van der Waals surface area contributed by atoms with E-state index in [1.165, 1.54) is 82.4 Å². The van der Waals surface area contributed by atoms with E-state index in [1.54, 1.807) is 0 Å². The molecule has 0 saturated carbocycles. The number of hydrogen-bond donors (Lipinski definition) is 0. The summed E-state index contributed by atoms with van der Waals surface area (Å²) in [5, 5.41) is 8.00. The lowest BCUT2D eigenvalue weighted by Crippen LogP contribution is -1.98. The summed E-state index contributed by atoms with van der Waals surface area (Å²) >= 11 is 0. The molecule has 1 aliphatic carbocycles. The van der Waals surface area contributed by atoms with E-state index in [1.807, 2.05) is 0 Å². The van der Waals surface area contributed by atoms with Crippen molar-refractivity contribution in [3.63, 3.8) is 0 Å². The molecule has 1 aromatic heterocycles. The fourth-order valence-electron chi connectivity index (χ4n) is 7.34. The Kier molecular flexibility index (Phi) is 5.39. The number of hydrogen-bond acceptors (Lipinski definition) is 0. The topological polar surface area (TPSA) is 4.93 Å². The predicted molar refractivity (Wildman–Crippen MR) is 184 cm³/mol. The van der Waals surface area contributed by atoms with Crippen LogP contribution in [0.1, 0.15) is 17.5 Å². The van der Waals surface area contributed by atoms with Crippen LogP contribution in [-0.4, -0.2) is 4.57 Å². The van der Waals surface area contributed by atoms with E-state index in [0.29, 0.717) is 0 Å². The molecule has 1 nitrogen and oxygen atoms in total. The first-order chi connectivity index (χ1) is 21.3. The second-order valence-corrected chi connectivity index (χ2v) is 11.6. The quantitative estimate of drug-likeness (QED) is 0.194. The first kappa shape index (κ1) is 24.2. The number of aromatic nitrogens is 1. The first-order valence-electron chi connectivity index (χ1n) is 15.2. The monoisotopic (exact) mass is 547 g/mol. The van der Waals surface area contributed by atoms with Crippen molar-refractivity contribution in [1.29, 1.82) is 0 Å². The van der Waals surface area contributed by atoms with Crippen molar-refractivity contribution in [2.45, 2.75) is 12.8 Å². The smallest absolute Gasteiger partial charge is 0.0547 e. The summed E-state index contributed by atoms with van der Waals surface area (Å²) in [6, 6.07) is 51.2. The predicted octanol–water partition coefficient (Wildman–Crippen LogP) is 11.4. The van der Waals surface area contributed by atoms with Crippen molar-refractivity contribution < 1.29 is 0 Å². The van der Waals surface area contributed by atoms with Crippen molar-refractivity contribution in [3.05, 3.63) is 157 Å². The van der Waals surface area contributed by atoms with Gasteiger partial charge in [0.25, 0.3) is 0 Å². The van der Waals surface area contributed by atoms with Crippen LogP contribution >= 0.6 is 0 Å². The van der Waals surface area contributed by atoms with Gasteiger partial charge >= 0.3 is 0 Å². The Balaban J connectivity index is 1.25. The minimum absolute atomic E-state index is 1.10. The van der Waals surface area contributed by atoms with Crippen LogP contribution in [0.2, 0.25) is 0 Å². The van der Waals surface area contributed by atoms with Crippen LogP contribution in [-0.2, 0) is 6.42 Å². The molecule has 0 N–H and O–H groups in total. The molecule has 7 aromatic carbocycles. The largest absolute Gasteiger partial charge is 0.309 e. The summed E-state index contributed by atoms with van der Waals surface area (Å²) in [7, 11) is 0. The minimum atomic E-state index is 1.10. The number of benzene rings is 7. The molecule has 0 fully saturated rings. The van der Waals surface area contributed by atoms with Gasteiger partial charge < -0.3 is 4.57 Å². The maximum atomic E-state index is 2.41. The normalized spacial score (nSPS) is 12.8. The zero-order valence-corrected chi connectivity index (χ0v) is 23.8. The number of fused-ring (bicyclic) bond motifs is 9. The van der Waals surface area contributed by atoms with Crippen molar-refractivity contribution in [3.8, 4) is 27.9 Å². The van der Waals surface area contributed by atoms with E-state index < -0.39 is 0 Å². The van der Waals surface area contributed by atoms with Crippen LogP contribution in [0.3, 0.4) is 0 Å². The first-order valence-corrected chi connectivity index (χ1v) is 15.2. The summed E-state index contributed by atoms with van der Waals surface area (Å²) < 4.78 is 2.39. The minimum Gasteiger partial charge on any atom is -0.309 e. The molecule has 1 heterocycles. The Morgan fingerprint density at radius 1 is 0.465 bits per heavy atom. The molecule has 0 atom stereocenters. The lowest BCUT2D eigenvalue weighted by molar-refractivity contribution is 1.00. The fourth-order valence-corrected chi connectivity index (χ4v) is 7.34. The highest BCUT2D eigenvalue weighted by molar-refractivity contribution is 6.16. The maximum Gasteiger partial charge on any atom is 0.0547 e. The molecular formula is C42H29N. The molecule has 8 aromatic rings. The molecule has 9 rings (SSSR count). The second kappa shape index (κ2) is 9.58. The lowest BCUT2D eigenvalue weighted by atomic mass is 9.85. The summed E-state index contributed by atoms with van der Waals surface area (Å²) in [4.78, 5) is 0. The van der Waals surface area contributed by atoms with E-state index in [-0.39, 0.29) is 0 Å². The van der Waals surface area contributed by atoms with Crippen LogP contribution in [0, 0.1) is 0 Å². The molecule has 0 radical (unpaired) electrons. The standard InChI is InChI=1S/C42H29N/c1-2-14-31(15-3-1)43-40-22-9-8-20-38(40)42-32(21-11-23-41(42)43)30-13-10-12-28(26-30)29-24-25-37-35-18-5-4-16-33(35)34-17-6-7-19-36(34)39(37)27-29/h1-5,7-16,18-27H,6,17H2. The number of allylic oxidation sites excluding steroid dienone is 1. The number of rotatable bonds is 3. The van der Waals surface area contributed by atoms with Crippen LogP contribution in [0.25, 0.3) is 77.4 Å². The van der Waals surface area contributed by atoms with E-state index in [0.717, 1.165) is 12.8 Å². The zero-order chi connectivity index (χ0) is 28.3. The summed E-state index contributed by atoms with van der Waals surface area (Å²) in [5.41, 5.74) is 11.5. The zero-order valence-electron chi connectivity index (χ0n) is 23.8. The molecule has 0 bridgehead atoms. The molecule has 43 heavy (non-hydrogen) atoms. The van der Waals surface area contributed by atoms with Gasteiger partial charge in [-0.05, 0) is 104 Å². The van der Waals surface area contributed by atoms with Gasteiger partial charge in [-0.15, -0.1) is 0 Å². The van der Waals surface area contributed by atoms with Crippen LogP contribution in [0.5, 0.6) is 0 Å². The summed E-state index contributed by atoms with van der Waals surface area (Å²) in [6.45, 7) is 0. The van der Waals surface area contributed by atoms with Gasteiger partial charge in [0.2, 0.25) is 0 Å². The molecule has 0 unspecified atom stereocenters. The number of nitrogens with zero attached hydrogens (tertiary/aromatic N) is 1.